The molecule has 100 valence electrons. The summed E-state index contributed by atoms with van der Waals surface area (Å²) in [5.74, 6) is 0.153. The van der Waals surface area contributed by atoms with E-state index in [9.17, 15) is 5.11 Å². The summed E-state index contributed by atoms with van der Waals surface area (Å²) in [5, 5.41) is 10.5. The van der Waals surface area contributed by atoms with Gasteiger partial charge in [-0.3, -0.25) is 0 Å². The van der Waals surface area contributed by atoms with E-state index in [1.165, 1.54) is 0 Å². The normalized spacial score (nSPS) is 11.9. The second kappa shape index (κ2) is 7.88. The van der Waals surface area contributed by atoms with E-state index in [0.29, 0.717) is 29.6 Å². The second-order valence-electron chi connectivity index (χ2n) is 3.84. The van der Waals surface area contributed by atoms with Crippen LogP contribution in [-0.2, 0) is 9.47 Å². The lowest BCUT2D eigenvalue weighted by atomic mass is 10.2. The molecule has 1 rings (SSSR count). The summed E-state index contributed by atoms with van der Waals surface area (Å²) in [6.45, 7) is 4.94. The summed E-state index contributed by atoms with van der Waals surface area (Å²) < 4.78 is 10.7. The van der Waals surface area contributed by atoms with Gasteiger partial charge in [-0.05, 0) is 25.0 Å². The van der Waals surface area contributed by atoms with Gasteiger partial charge in [0.05, 0.1) is 13.2 Å². The Labute approximate surface area is 113 Å². The Bertz CT molecular complexity index is 402. The molecule has 0 aliphatic rings. The van der Waals surface area contributed by atoms with Crippen molar-refractivity contribution in [2.75, 3.05) is 13.2 Å². The first-order valence-corrected chi connectivity index (χ1v) is 6.51. The van der Waals surface area contributed by atoms with Crippen molar-refractivity contribution in [3.8, 4) is 0 Å². The Hall–Kier alpha value is -1.35. The van der Waals surface area contributed by atoms with Crippen molar-refractivity contribution in [1.29, 1.82) is 0 Å². The van der Waals surface area contributed by atoms with Gasteiger partial charge in [-0.25, -0.2) is 0 Å². The number of aliphatic hydroxyl groups excluding tert-OH is 1. The van der Waals surface area contributed by atoms with Crippen molar-refractivity contribution < 1.29 is 14.6 Å². The number of aliphatic hydroxyl groups is 1. The molecular weight excluding hydrogens is 252 g/mol. The molecule has 0 saturated carbocycles. The third-order valence-electron chi connectivity index (χ3n) is 2.17. The largest absolute Gasteiger partial charge is 0.486 e. The summed E-state index contributed by atoms with van der Waals surface area (Å²) in [6.07, 6.45) is 1.67. The molecule has 0 fully saturated rings. The molecule has 3 nitrogen and oxygen atoms in total. The smallest absolute Gasteiger partial charge is 0.321 e. The maximum Gasteiger partial charge on any atom is 0.321 e. The lowest BCUT2D eigenvalue weighted by Gasteiger charge is -2.13. The molecule has 0 saturated heterocycles. The highest BCUT2D eigenvalue weighted by Crippen LogP contribution is 2.23. The van der Waals surface area contributed by atoms with Crippen molar-refractivity contribution in [2.24, 2.45) is 0 Å². The molecule has 0 radical (unpaired) electrons. The summed E-state index contributed by atoms with van der Waals surface area (Å²) >= 11 is 5.93. The van der Waals surface area contributed by atoms with Crippen LogP contribution in [0, 0.1) is 0 Å². The monoisotopic (exact) mass is 270 g/mol. The summed E-state index contributed by atoms with van der Waals surface area (Å²) in [6, 6.07) is 7.13. The van der Waals surface area contributed by atoms with Crippen LogP contribution in [0.15, 0.2) is 30.2 Å². The standard InChI is InChI=1S/C14H19ClO3/c1-3-8-17-13(14(16)18-9-4-2)11-6-5-7-12(15)10-11/h5-7,10,16H,3-4,8-9H2,1-2H3. The maximum absolute atomic E-state index is 9.90. The number of hydrogen-bond donors (Lipinski definition) is 1. The summed E-state index contributed by atoms with van der Waals surface area (Å²) in [5.41, 5.74) is 0.713. The van der Waals surface area contributed by atoms with E-state index in [-0.39, 0.29) is 5.95 Å². The fraction of sp³-hybridized carbons (Fsp3) is 0.429. The van der Waals surface area contributed by atoms with E-state index < -0.39 is 0 Å². The van der Waals surface area contributed by atoms with Crippen LogP contribution in [0.2, 0.25) is 5.02 Å². The van der Waals surface area contributed by atoms with Crippen LogP contribution < -0.4 is 0 Å². The Morgan fingerprint density at radius 1 is 1.17 bits per heavy atom. The molecule has 18 heavy (non-hydrogen) atoms. The molecule has 0 aliphatic heterocycles. The lowest BCUT2D eigenvalue weighted by Crippen LogP contribution is -2.02. The molecule has 1 aromatic carbocycles. The van der Waals surface area contributed by atoms with Gasteiger partial charge in [0.15, 0.2) is 0 Å². The van der Waals surface area contributed by atoms with Gasteiger partial charge >= 0.3 is 5.95 Å². The van der Waals surface area contributed by atoms with Gasteiger partial charge < -0.3 is 14.6 Å². The van der Waals surface area contributed by atoms with Crippen LogP contribution in [0.1, 0.15) is 32.3 Å². The summed E-state index contributed by atoms with van der Waals surface area (Å²) in [4.78, 5) is 0. The minimum absolute atomic E-state index is 0.187. The zero-order chi connectivity index (χ0) is 13.4. The Balaban J connectivity index is 2.96. The predicted molar refractivity (Wildman–Crippen MR) is 73.5 cm³/mol. The van der Waals surface area contributed by atoms with Crippen molar-refractivity contribution in [1.82, 2.24) is 0 Å². The fourth-order valence-electron chi connectivity index (χ4n) is 1.37. The molecular formula is C14H19ClO3. The van der Waals surface area contributed by atoms with Gasteiger partial charge in [0.25, 0.3) is 0 Å². The highest BCUT2D eigenvalue weighted by molar-refractivity contribution is 6.30. The van der Waals surface area contributed by atoms with Crippen molar-refractivity contribution in [3.63, 3.8) is 0 Å². The third-order valence-corrected chi connectivity index (χ3v) is 2.41. The molecule has 0 heterocycles. The van der Waals surface area contributed by atoms with Crippen molar-refractivity contribution >= 4 is 17.4 Å². The highest BCUT2D eigenvalue weighted by Gasteiger charge is 2.12. The minimum atomic E-state index is -0.187. The Kier molecular flexibility index (Phi) is 6.44. The lowest BCUT2D eigenvalue weighted by molar-refractivity contribution is 0.0823. The number of halogens is 1. The Morgan fingerprint density at radius 2 is 1.83 bits per heavy atom. The first-order chi connectivity index (χ1) is 8.69. The number of rotatable bonds is 7. The second-order valence-corrected chi connectivity index (χ2v) is 4.28. The van der Waals surface area contributed by atoms with Gasteiger partial charge in [0.1, 0.15) is 0 Å². The maximum atomic E-state index is 9.90. The van der Waals surface area contributed by atoms with Crippen LogP contribution in [0.25, 0.3) is 5.76 Å². The van der Waals surface area contributed by atoms with E-state index in [1.54, 1.807) is 18.2 Å². The SMILES string of the molecule is CCCOC(O)=C(OCCC)c1cccc(Cl)c1. The Morgan fingerprint density at radius 3 is 2.44 bits per heavy atom. The van der Waals surface area contributed by atoms with Crippen LogP contribution in [-0.4, -0.2) is 18.3 Å². The van der Waals surface area contributed by atoms with E-state index in [0.717, 1.165) is 12.8 Å². The molecule has 0 aliphatic carbocycles. The minimum Gasteiger partial charge on any atom is -0.486 e. The fourth-order valence-corrected chi connectivity index (χ4v) is 1.56. The summed E-state index contributed by atoms with van der Waals surface area (Å²) in [7, 11) is 0. The molecule has 1 aromatic rings. The van der Waals surface area contributed by atoms with Crippen molar-refractivity contribution in [3.05, 3.63) is 40.8 Å². The van der Waals surface area contributed by atoms with Crippen LogP contribution >= 0.6 is 11.6 Å². The van der Waals surface area contributed by atoms with E-state index in [4.69, 9.17) is 21.1 Å². The molecule has 0 spiro atoms. The molecule has 0 amide bonds. The van der Waals surface area contributed by atoms with Gasteiger partial charge in [-0.2, -0.15) is 0 Å². The predicted octanol–water partition coefficient (Wildman–Crippen LogP) is 4.38. The molecule has 1 N–H and O–H groups in total. The zero-order valence-electron chi connectivity index (χ0n) is 10.8. The highest BCUT2D eigenvalue weighted by atomic mass is 35.5. The van der Waals surface area contributed by atoms with Gasteiger partial charge in [0.2, 0.25) is 5.76 Å². The van der Waals surface area contributed by atoms with Crippen LogP contribution in [0.3, 0.4) is 0 Å². The number of benzene rings is 1. The average Bonchev–Trinajstić information content (AvgIpc) is 2.37. The zero-order valence-corrected chi connectivity index (χ0v) is 11.5. The first kappa shape index (κ1) is 14.7. The van der Waals surface area contributed by atoms with Gasteiger partial charge in [0, 0.05) is 10.6 Å². The molecule has 4 heteroatoms. The van der Waals surface area contributed by atoms with Gasteiger partial charge in [-0.15, -0.1) is 0 Å². The van der Waals surface area contributed by atoms with Crippen molar-refractivity contribution in [2.45, 2.75) is 26.7 Å². The molecule has 0 bridgehead atoms. The first-order valence-electron chi connectivity index (χ1n) is 6.13. The topological polar surface area (TPSA) is 38.7 Å². The van der Waals surface area contributed by atoms with Crippen LogP contribution in [0.5, 0.6) is 0 Å². The number of ether oxygens (including phenoxy) is 2. The van der Waals surface area contributed by atoms with E-state index in [1.807, 2.05) is 19.9 Å². The number of hydrogen-bond acceptors (Lipinski definition) is 3. The third kappa shape index (κ3) is 4.49. The molecule has 0 unspecified atom stereocenters. The van der Waals surface area contributed by atoms with E-state index >= 15 is 0 Å². The quantitative estimate of drug-likeness (QED) is 0.748. The molecule has 0 atom stereocenters. The molecule has 0 aromatic heterocycles. The van der Waals surface area contributed by atoms with E-state index in [2.05, 4.69) is 0 Å². The van der Waals surface area contributed by atoms with Crippen LogP contribution in [0.4, 0.5) is 0 Å². The van der Waals surface area contributed by atoms with Gasteiger partial charge in [-0.1, -0.05) is 37.6 Å². The average molecular weight is 271 g/mol.